The molecule has 0 atom stereocenters. The SMILES string of the molecule is COc1ccc(CNc2cnnc(N3CCN(C=O)CC3)n2)cc1OC. The van der Waals surface area contributed by atoms with Gasteiger partial charge in [-0.2, -0.15) is 10.1 Å². The summed E-state index contributed by atoms with van der Waals surface area (Å²) in [6.45, 7) is 3.28. The van der Waals surface area contributed by atoms with E-state index in [1.54, 1.807) is 25.3 Å². The van der Waals surface area contributed by atoms with Gasteiger partial charge in [-0.25, -0.2) is 0 Å². The van der Waals surface area contributed by atoms with Crippen molar-refractivity contribution in [3.63, 3.8) is 0 Å². The highest BCUT2D eigenvalue weighted by Crippen LogP contribution is 2.27. The van der Waals surface area contributed by atoms with Gasteiger partial charge in [0, 0.05) is 32.7 Å². The van der Waals surface area contributed by atoms with Crippen molar-refractivity contribution < 1.29 is 14.3 Å². The second-order valence-electron chi connectivity index (χ2n) is 5.81. The summed E-state index contributed by atoms with van der Waals surface area (Å²) >= 11 is 0. The molecule has 2 aromatic rings. The first-order valence-corrected chi connectivity index (χ1v) is 8.32. The lowest BCUT2D eigenvalue weighted by molar-refractivity contribution is -0.118. The van der Waals surface area contributed by atoms with Gasteiger partial charge in [0.15, 0.2) is 17.3 Å². The van der Waals surface area contributed by atoms with Crippen LogP contribution < -0.4 is 19.7 Å². The van der Waals surface area contributed by atoms with E-state index < -0.39 is 0 Å². The quantitative estimate of drug-likeness (QED) is 0.726. The van der Waals surface area contributed by atoms with E-state index in [1.165, 1.54) is 0 Å². The highest BCUT2D eigenvalue weighted by molar-refractivity contribution is 5.49. The van der Waals surface area contributed by atoms with Gasteiger partial charge in [-0.15, -0.1) is 5.10 Å². The van der Waals surface area contributed by atoms with Crippen molar-refractivity contribution in [2.45, 2.75) is 6.54 Å². The number of carbonyl (C=O) groups is 1. The van der Waals surface area contributed by atoms with Gasteiger partial charge in [-0.1, -0.05) is 6.07 Å². The molecule has 1 aromatic carbocycles. The number of ether oxygens (including phenoxy) is 2. The molecule has 1 N–H and O–H groups in total. The second-order valence-corrected chi connectivity index (χ2v) is 5.81. The zero-order chi connectivity index (χ0) is 18.4. The molecule has 2 heterocycles. The van der Waals surface area contributed by atoms with Crippen molar-refractivity contribution in [1.29, 1.82) is 0 Å². The number of anilines is 2. The van der Waals surface area contributed by atoms with E-state index in [-0.39, 0.29) is 0 Å². The predicted octanol–water partition coefficient (Wildman–Crippen LogP) is 0.779. The first-order chi connectivity index (χ1) is 12.7. The third-order valence-electron chi connectivity index (χ3n) is 4.22. The van der Waals surface area contributed by atoms with Crippen LogP contribution in [0.5, 0.6) is 11.5 Å². The van der Waals surface area contributed by atoms with Gasteiger partial charge in [0.1, 0.15) is 0 Å². The van der Waals surface area contributed by atoms with Crippen molar-refractivity contribution in [2.24, 2.45) is 0 Å². The Balaban J connectivity index is 1.63. The molecule has 1 aromatic heterocycles. The fourth-order valence-electron chi connectivity index (χ4n) is 2.72. The lowest BCUT2D eigenvalue weighted by Gasteiger charge is -2.32. The summed E-state index contributed by atoms with van der Waals surface area (Å²) in [5, 5.41) is 11.4. The highest BCUT2D eigenvalue weighted by Gasteiger charge is 2.18. The van der Waals surface area contributed by atoms with Gasteiger partial charge >= 0.3 is 0 Å². The molecule has 0 unspecified atom stereocenters. The van der Waals surface area contributed by atoms with Crippen LogP contribution in [0.1, 0.15) is 5.56 Å². The Bertz CT molecular complexity index is 749. The zero-order valence-electron chi connectivity index (χ0n) is 14.9. The van der Waals surface area contributed by atoms with E-state index in [0.29, 0.717) is 56.0 Å². The molecule has 1 fully saturated rings. The van der Waals surface area contributed by atoms with Crippen molar-refractivity contribution in [3.05, 3.63) is 30.0 Å². The lowest BCUT2D eigenvalue weighted by Crippen LogP contribution is -2.46. The van der Waals surface area contributed by atoms with Crippen LogP contribution in [-0.4, -0.2) is 66.9 Å². The number of rotatable bonds is 7. The summed E-state index contributed by atoms with van der Waals surface area (Å²) in [5.41, 5.74) is 1.03. The van der Waals surface area contributed by atoms with Crippen LogP contribution in [0.15, 0.2) is 24.4 Å². The molecule has 9 heteroatoms. The molecule has 9 nitrogen and oxygen atoms in total. The average Bonchev–Trinajstić information content (AvgIpc) is 2.72. The van der Waals surface area contributed by atoms with Gasteiger partial charge in [-0.3, -0.25) is 4.79 Å². The Labute approximate surface area is 151 Å². The molecule has 0 bridgehead atoms. The van der Waals surface area contributed by atoms with Gasteiger partial charge in [-0.05, 0) is 17.7 Å². The molecule has 1 aliphatic heterocycles. The first-order valence-electron chi connectivity index (χ1n) is 8.32. The Kier molecular flexibility index (Phi) is 5.67. The number of nitrogens with zero attached hydrogens (tertiary/aromatic N) is 5. The number of hydrogen-bond donors (Lipinski definition) is 1. The van der Waals surface area contributed by atoms with Gasteiger partial charge in [0.25, 0.3) is 0 Å². The zero-order valence-corrected chi connectivity index (χ0v) is 14.9. The van der Waals surface area contributed by atoms with E-state index in [4.69, 9.17) is 9.47 Å². The molecular formula is C17H22N6O3. The molecule has 26 heavy (non-hydrogen) atoms. The summed E-state index contributed by atoms with van der Waals surface area (Å²) < 4.78 is 10.6. The van der Waals surface area contributed by atoms with E-state index in [9.17, 15) is 4.79 Å². The van der Waals surface area contributed by atoms with Gasteiger partial charge in [0.2, 0.25) is 12.4 Å². The average molecular weight is 358 g/mol. The number of hydrogen-bond acceptors (Lipinski definition) is 8. The van der Waals surface area contributed by atoms with Crippen LogP contribution in [0.3, 0.4) is 0 Å². The maximum absolute atomic E-state index is 10.8. The Morgan fingerprint density at radius 1 is 1.15 bits per heavy atom. The number of carbonyl (C=O) groups excluding carboxylic acids is 1. The third-order valence-corrected chi connectivity index (χ3v) is 4.22. The number of benzene rings is 1. The van der Waals surface area contributed by atoms with Crippen LogP contribution in [-0.2, 0) is 11.3 Å². The van der Waals surface area contributed by atoms with Crippen molar-refractivity contribution in [2.75, 3.05) is 50.6 Å². The summed E-state index contributed by atoms with van der Waals surface area (Å²) in [4.78, 5) is 19.1. The summed E-state index contributed by atoms with van der Waals surface area (Å²) in [6, 6.07) is 5.74. The minimum absolute atomic E-state index is 0.563. The second kappa shape index (κ2) is 8.32. The number of aromatic nitrogens is 3. The first kappa shape index (κ1) is 17.7. The molecular weight excluding hydrogens is 336 g/mol. The number of methoxy groups -OCH3 is 2. The van der Waals surface area contributed by atoms with Crippen LogP contribution >= 0.6 is 0 Å². The molecule has 1 saturated heterocycles. The predicted molar refractivity (Wildman–Crippen MR) is 96.5 cm³/mol. The molecule has 138 valence electrons. The topological polar surface area (TPSA) is 92.7 Å². The van der Waals surface area contributed by atoms with E-state index >= 15 is 0 Å². The molecule has 1 amide bonds. The largest absolute Gasteiger partial charge is 0.493 e. The van der Waals surface area contributed by atoms with Crippen molar-refractivity contribution >= 4 is 18.2 Å². The number of nitrogens with one attached hydrogen (secondary N) is 1. The third kappa shape index (κ3) is 4.11. The molecule has 0 spiro atoms. The van der Waals surface area contributed by atoms with Gasteiger partial charge in [0.05, 0.1) is 20.4 Å². The van der Waals surface area contributed by atoms with E-state index in [0.717, 1.165) is 12.0 Å². The van der Waals surface area contributed by atoms with Crippen LogP contribution in [0.25, 0.3) is 0 Å². The normalized spacial score (nSPS) is 14.1. The lowest BCUT2D eigenvalue weighted by atomic mass is 10.2. The fourth-order valence-corrected chi connectivity index (χ4v) is 2.72. The molecule has 3 rings (SSSR count). The fraction of sp³-hybridized carbons (Fsp3) is 0.412. The number of amides is 1. The summed E-state index contributed by atoms with van der Waals surface area (Å²) in [7, 11) is 3.22. The van der Waals surface area contributed by atoms with Gasteiger partial charge < -0.3 is 24.6 Å². The van der Waals surface area contributed by atoms with Crippen LogP contribution in [0.2, 0.25) is 0 Å². The maximum Gasteiger partial charge on any atom is 0.247 e. The minimum atomic E-state index is 0.563. The molecule has 0 saturated carbocycles. The molecule has 0 radical (unpaired) electrons. The monoisotopic (exact) mass is 358 g/mol. The van der Waals surface area contributed by atoms with Crippen LogP contribution in [0.4, 0.5) is 11.8 Å². The Hall–Kier alpha value is -3.10. The molecule has 0 aliphatic carbocycles. The molecule has 1 aliphatic rings. The number of piperazine rings is 1. The summed E-state index contributed by atoms with van der Waals surface area (Å²) in [6.07, 6.45) is 2.46. The van der Waals surface area contributed by atoms with Crippen LogP contribution in [0, 0.1) is 0 Å². The Morgan fingerprint density at radius 2 is 1.92 bits per heavy atom. The van der Waals surface area contributed by atoms with Crippen molar-refractivity contribution in [1.82, 2.24) is 20.1 Å². The smallest absolute Gasteiger partial charge is 0.247 e. The van der Waals surface area contributed by atoms with Crippen molar-refractivity contribution in [3.8, 4) is 11.5 Å². The summed E-state index contributed by atoms with van der Waals surface area (Å²) in [5.74, 6) is 2.58. The minimum Gasteiger partial charge on any atom is -0.493 e. The van der Waals surface area contributed by atoms with E-state index in [2.05, 4.69) is 20.5 Å². The Morgan fingerprint density at radius 3 is 2.62 bits per heavy atom. The maximum atomic E-state index is 10.8. The highest BCUT2D eigenvalue weighted by atomic mass is 16.5. The standard InChI is InChI=1S/C17H22N6O3/c1-25-14-4-3-13(9-15(14)26-2)10-18-16-11-19-21-17(20-16)23-7-5-22(12-24)6-8-23/h3-4,9,11-12H,5-8,10H2,1-2H3,(H,18,20,21). The van der Waals surface area contributed by atoms with E-state index in [1.807, 2.05) is 23.1 Å².